The molecular weight excluding hydrogens is 450 g/mol. The van der Waals surface area contributed by atoms with Crippen LogP contribution in [0.3, 0.4) is 0 Å². The number of hydrogen-bond acceptors (Lipinski definition) is 3. The summed E-state index contributed by atoms with van der Waals surface area (Å²) >= 11 is 0. The molecule has 1 heterocycles. The Morgan fingerprint density at radius 2 is 1.85 bits per heavy atom. The van der Waals surface area contributed by atoms with Crippen molar-refractivity contribution in [3.63, 3.8) is 0 Å². The normalized spacial score (nSPS) is 19.1. The van der Waals surface area contributed by atoms with Crippen LogP contribution in [-0.2, 0) is 11.0 Å². The smallest absolute Gasteiger partial charge is 0.385 e. The number of hydrogen-bond donors (Lipinski definition) is 2. The lowest BCUT2D eigenvalue weighted by Gasteiger charge is -2.28. The van der Waals surface area contributed by atoms with E-state index in [2.05, 4.69) is 10.6 Å². The number of carbonyl (C=O) groups is 2. The number of halogens is 4. The molecule has 2 N–H and O–H groups in total. The fourth-order valence-corrected chi connectivity index (χ4v) is 4.54. The van der Waals surface area contributed by atoms with Gasteiger partial charge in [-0.2, -0.15) is 13.2 Å². The zero-order chi connectivity index (χ0) is 24.5. The van der Waals surface area contributed by atoms with Gasteiger partial charge in [0.2, 0.25) is 5.91 Å². The van der Waals surface area contributed by atoms with Gasteiger partial charge >= 0.3 is 6.18 Å². The summed E-state index contributed by atoms with van der Waals surface area (Å²) in [7, 11) is 0. The Bertz CT molecular complexity index is 1070. The van der Waals surface area contributed by atoms with Gasteiger partial charge in [-0.25, -0.2) is 4.39 Å². The highest BCUT2D eigenvalue weighted by Crippen LogP contribution is 2.43. The Kier molecular flexibility index (Phi) is 6.81. The predicted molar refractivity (Wildman–Crippen MR) is 120 cm³/mol. The first-order chi connectivity index (χ1) is 16.2. The van der Waals surface area contributed by atoms with E-state index in [1.165, 1.54) is 4.90 Å². The van der Waals surface area contributed by atoms with E-state index in [0.29, 0.717) is 43.2 Å². The van der Waals surface area contributed by atoms with Gasteiger partial charge in [-0.3, -0.25) is 9.59 Å². The third kappa shape index (κ3) is 5.03. The average molecular weight is 478 g/mol. The molecule has 2 aromatic carbocycles. The lowest BCUT2D eigenvalue weighted by Crippen LogP contribution is -2.47. The summed E-state index contributed by atoms with van der Waals surface area (Å²) in [5.41, 5.74) is 0.124. The van der Waals surface area contributed by atoms with Crippen LogP contribution in [0.25, 0.3) is 0 Å². The van der Waals surface area contributed by atoms with Crippen LogP contribution in [0.4, 0.5) is 23.2 Å². The Morgan fingerprint density at radius 1 is 1.12 bits per heavy atom. The number of alkyl halides is 3. The third-order valence-corrected chi connectivity index (χ3v) is 6.40. The maximum absolute atomic E-state index is 14.7. The van der Waals surface area contributed by atoms with Crippen molar-refractivity contribution in [2.45, 2.75) is 50.9 Å². The molecule has 9 heteroatoms. The fourth-order valence-electron chi connectivity index (χ4n) is 4.54. The third-order valence-electron chi connectivity index (χ3n) is 6.40. The molecule has 1 unspecified atom stereocenters. The monoisotopic (exact) mass is 477 g/mol. The highest BCUT2D eigenvalue weighted by atomic mass is 19.4. The number of carbonyl (C=O) groups excluding carboxylic acids is 2. The summed E-state index contributed by atoms with van der Waals surface area (Å²) in [6.07, 6.45) is -2.04. The number of rotatable bonds is 7. The SMILES string of the molecule is CCNc1ccccc1C(=O)N1CCC[C@@H]1C(=O)NC(c1ccc(C(F)(F)F)cc1F)C1CC1. The largest absolute Gasteiger partial charge is 0.416 e. The predicted octanol–water partition coefficient (Wildman–Crippen LogP) is 5.15. The second-order valence-corrected chi connectivity index (χ2v) is 8.79. The van der Waals surface area contributed by atoms with E-state index in [1.807, 2.05) is 13.0 Å². The first kappa shape index (κ1) is 24.0. The van der Waals surface area contributed by atoms with Gasteiger partial charge in [-0.1, -0.05) is 18.2 Å². The molecule has 1 aliphatic heterocycles. The first-order valence-corrected chi connectivity index (χ1v) is 11.5. The highest BCUT2D eigenvalue weighted by molar-refractivity contribution is 6.02. The molecule has 2 aliphatic rings. The minimum absolute atomic E-state index is 0.0391. The summed E-state index contributed by atoms with van der Waals surface area (Å²) in [4.78, 5) is 28.0. The summed E-state index contributed by atoms with van der Waals surface area (Å²) in [5, 5.41) is 6.00. The fraction of sp³-hybridized carbons (Fsp3) is 0.440. The van der Waals surface area contributed by atoms with Gasteiger partial charge in [-0.05, 0) is 62.8 Å². The van der Waals surface area contributed by atoms with Crippen LogP contribution in [-0.4, -0.2) is 35.8 Å². The molecule has 0 radical (unpaired) electrons. The molecule has 1 saturated carbocycles. The Morgan fingerprint density at radius 3 is 2.50 bits per heavy atom. The second kappa shape index (κ2) is 9.64. The Hall–Kier alpha value is -3.10. The van der Waals surface area contributed by atoms with Crippen molar-refractivity contribution in [3.05, 3.63) is 65.0 Å². The van der Waals surface area contributed by atoms with Crippen molar-refractivity contribution in [2.75, 3.05) is 18.4 Å². The molecule has 2 atom stereocenters. The van der Waals surface area contributed by atoms with Crippen molar-refractivity contribution in [1.82, 2.24) is 10.2 Å². The van der Waals surface area contributed by atoms with Crippen LogP contribution in [0.1, 0.15) is 60.1 Å². The van der Waals surface area contributed by atoms with Crippen molar-refractivity contribution < 1.29 is 27.2 Å². The second-order valence-electron chi connectivity index (χ2n) is 8.79. The minimum atomic E-state index is -4.65. The Balaban J connectivity index is 1.53. The lowest BCUT2D eigenvalue weighted by atomic mass is 9.99. The van der Waals surface area contributed by atoms with Crippen molar-refractivity contribution >= 4 is 17.5 Å². The zero-order valence-corrected chi connectivity index (χ0v) is 18.8. The number of likely N-dealkylation sites (tertiary alicyclic amines) is 1. The van der Waals surface area contributed by atoms with Gasteiger partial charge in [0.1, 0.15) is 11.9 Å². The highest BCUT2D eigenvalue weighted by Gasteiger charge is 2.40. The van der Waals surface area contributed by atoms with E-state index in [-0.39, 0.29) is 17.4 Å². The number of nitrogens with one attached hydrogen (secondary N) is 2. The summed E-state index contributed by atoms with van der Waals surface area (Å²) in [5.74, 6) is -1.72. The van der Waals surface area contributed by atoms with Crippen LogP contribution in [0.15, 0.2) is 42.5 Å². The van der Waals surface area contributed by atoms with Crippen LogP contribution in [0.2, 0.25) is 0 Å². The summed E-state index contributed by atoms with van der Waals surface area (Å²) in [6, 6.07) is 8.05. The van der Waals surface area contributed by atoms with Crippen molar-refractivity contribution in [1.29, 1.82) is 0 Å². The zero-order valence-electron chi connectivity index (χ0n) is 18.8. The van der Waals surface area contributed by atoms with E-state index < -0.39 is 35.5 Å². The quantitative estimate of drug-likeness (QED) is 0.543. The molecule has 4 rings (SSSR count). The topological polar surface area (TPSA) is 61.4 Å². The summed E-state index contributed by atoms with van der Waals surface area (Å²) < 4.78 is 53.5. The van der Waals surface area contributed by atoms with E-state index >= 15 is 0 Å². The van der Waals surface area contributed by atoms with Crippen molar-refractivity contribution in [2.24, 2.45) is 5.92 Å². The Labute approximate surface area is 195 Å². The number of anilines is 1. The molecule has 34 heavy (non-hydrogen) atoms. The van der Waals surface area contributed by atoms with Gasteiger partial charge in [-0.15, -0.1) is 0 Å². The molecule has 182 valence electrons. The van der Waals surface area contributed by atoms with Gasteiger partial charge < -0.3 is 15.5 Å². The van der Waals surface area contributed by atoms with Gasteiger partial charge in [0, 0.05) is 24.3 Å². The molecular formula is C25H27F4N3O2. The molecule has 2 aromatic rings. The van der Waals surface area contributed by atoms with E-state index in [0.717, 1.165) is 25.0 Å². The molecule has 5 nitrogen and oxygen atoms in total. The molecule has 1 saturated heterocycles. The summed E-state index contributed by atoms with van der Waals surface area (Å²) in [6.45, 7) is 2.97. The molecule has 0 aromatic heterocycles. The van der Waals surface area contributed by atoms with E-state index in [9.17, 15) is 27.2 Å². The standard InChI is InChI=1S/C25H27F4N3O2/c1-2-30-20-7-4-3-6-18(20)24(34)32-13-5-8-21(32)23(33)31-22(15-9-10-15)17-12-11-16(14-19(17)26)25(27,28)29/h3-4,6-7,11-12,14-15,21-22,30H,2,5,8-10,13H2,1H3,(H,31,33)/t21-,22?/m1/s1. The molecule has 2 fully saturated rings. The van der Waals surface area contributed by atoms with Crippen LogP contribution >= 0.6 is 0 Å². The number of nitrogens with zero attached hydrogens (tertiary/aromatic N) is 1. The van der Waals surface area contributed by atoms with Gasteiger partial charge in [0.25, 0.3) is 5.91 Å². The van der Waals surface area contributed by atoms with Crippen molar-refractivity contribution in [3.8, 4) is 0 Å². The van der Waals surface area contributed by atoms with E-state index in [1.54, 1.807) is 18.2 Å². The molecule has 1 aliphatic carbocycles. The van der Waals surface area contributed by atoms with Gasteiger partial charge in [0.15, 0.2) is 0 Å². The average Bonchev–Trinajstić information content (AvgIpc) is 3.52. The van der Waals surface area contributed by atoms with Crippen LogP contribution < -0.4 is 10.6 Å². The first-order valence-electron chi connectivity index (χ1n) is 11.5. The maximum atomic E-state index is 14.7. The maximum Gasteiger partial charge on any atom is 0.416 e. The molecule has 0 spiro atoms. The van der Waals surface area contributed by atoms with Gasteiger partial charge in [0.05, 0.1) is 17.2 Å². The minimum Gasteiger partial charge on any atom is -0.385 e. The number of amides is 2. The number of benzene rings is 2. The molecule has 0 bridgehead atoms. The van der Waals surface area contributed by atoms with Crippen LogP contribution in [0.5, 0.6) is 0 Å². The lowest BCUT2D eigenvalue weighted by molar-refractivity contribution is -0.137. The molecule has 2 amide bonds. The number of para-hydroxylation sites is 1. The van der Waals surface area contributed by atoms with Crippen LogP contribution in [0, 0.1) is 11.7 Å². The van der Waals surface area contributed by atoms with E-state index in [4.69, 9.17) is 0 Å².